The lowest BCUT2D eigenvalue weighted by Crippen LogP contribution is -1.96. The van der Waals surface area contributed by atoms with Crippen LogP contribution in [0.4, 0.5) is 0 Å². The van der Waals surface area contributed by atoms with Gasteiger partial charge in [0.2, 0.25) is 0 Å². The minimum absolute atomic E-state index is 0.389. The molecule has 0 fully saturated rings. The second-order valence-corrected chi connectivity index (χ2v) is 4.59. The zero-order chi connectivity index (χ0) is 11.1. The van der Waals surface area contributed by atoms with Gasteiger partial charge < -0.3 is 9.52 Å². The number of furan rings is 1. The molecule has 15 heavy (non-hydrogen) atoms. The van der Waals surface area contributed by atoms with Crippen LogP contribution >= 0.6 is 15.9 Å². The van der Waals surface area contributed by atoms with Gasteiger partial charge in [-0.1, -0.05) is 39.0 Å². The maximum Gasteiger partial charge on any atom is 0.174 e. The van der Waals surface area contributed by atoms with Crippen LogP contribution in [0.2, 0.25) is 0 Å². The predicted molar refractivity (Wildman–Crippen MR) is 64.7 cm³/mol. The minimum atomic E-state index is -0.389. The number of rotatable bonds is 7. The molecule has 2 nitrogen and oxygen atoms in total. The molecule has 0 bridgehead atoms. The largest absolute Gasteiger partial charge is 0.457 e. The Morgan fingerprint density at radius 2 is 2.07 bits per heavy atom. The molecule has 0 saturated carbocycles. The van der Waals surface area contributed by atoms with E-state index in [0.29, 0.717) is 4.67 Å². The van der Waals surface area contributed by atoms with E-state index in [4.69, 9.17) is 4.42 Å². The number of aliphatic hydroxyl groups is 1. The highest BCUT2D eigenvalue weighted by Crippen LogP contribution is 2.27. The molecule has 0 aliphatic carbocycles. The first kappa shape index (κ1) is 12.8. The molecular formula is C12H19BrO2. The first-order valence-electron chi connectivity index (χ1n) is 5.66. The van der Waals surface area contributed by atoms with Crippen molar-refractivity contribution in [1.29, 1.82) is 0 Å². The Balaban J connectivity index is 2.19. The van der Waals surface area contributed by atoms with E-state index in [1.54, 1.807) is 6.26 Å². The van der Waals surface area contributed by atoms with Crippen LogP contribution in [0.3, 0.4) is 0 Å². The van der Waals surface area contributed by atoms with Gasteiger partial charge in [0.25, 0.3) is 0 Å². The monoisotopic (exact) mass is 274 g/mol. The van der Waals surface area contributed by atoms with Gasteiger partial charge in [0.05, 0.1) is 12.4 Å². The summed E-state index contributed by atoms with van der Waals surface area (Å²) in [6.45, 7) is 2.21. The van der Waals surface area contributed by atoms with Gasteiger partial charge in [0.1, 0.15) is 0 Å². The summed E-state index contributed by atoms with van der Waals surface area (Å²) in [4.78, 5) is 0. The molecule has 3 heteroatoms. The van der Waals surface area contributed by atoms with Crippen LogP contribution in [-0.4, -0.2) is 5.11 Å². The molecule has 1 N–H and O–H groups in total. The Morgan fingerprint density at radius 3 is 2.67 bits per heavy atom. The number of hydrogen-bond acceptors (Lipinski definition) is 2. The van der Waals surface area contributed by atoms with Crippen molar-refractivity contribution < 1.29 is 9.52 Å². The van der Waals surface area contributed by atoms with E-state index >= 15 is 0 Å². The zero-order valence-electron chi connectivity index (χ0n) is 9.21. The van der Waals surface area contributed by atoms with Crippen LogP contribution in [-0.2, 0) is 0 Å². The van der Waals surface area contributed by atoms with Crippen LogP contribution in [0, 0.1) is 0 Å². The second kappa shape index (κ2) is 7.07. The van der Waals surface area contributed by atoms with E-state index in [-0.39, 0.29) is 6.10 Å². The smallest absolute Gasteiger partial charge is 0.174 e. The Kier molecular flexibility index (Phi) is 6.03. The van der Waals surface area contributed by atoms with Crippen LogP contribution in [0.5, 0.6) is 0 Å². The van der Waals surface area contributed by atoms with E-state index < -0.39 is 0 Å². The standard InChI is InChI=1S/C12H19BrO2/c1-2-3-4-5-6-7-11(14)10-8-9-15-12(10)13/h8-9,11,14H,2-7H2,1H3. The molecule has 0 radical (unpaired) electrons. The molecule has 0 saturated heterocycles. The Morgan fingerprint density at radius 1 is 1.33 bits per heavy atom. The number of aliphatic hydroxyl groups excluding tert-OH is 1. The zero-order valence-corrected chi connectivity index (χ0v) is 10.8. The van der Waals surface area contributed by atoms with Crippen molar-refractivity contribution >= 4 is 15.9 Å². The van der Waals surface area contributed by atoms with Crippen LogP contribution in [0.1, 0.15) is 57.1 Å². The summed E-state index contributed by atoms with van der Waals surface area (Å²) < 4.78 is 5.74. The summed E-state index contributed by atoms with van der Waals surface area (Å²) in [6, 6.07) is 1.82. The van der Waals surface area contributed by atoms with E-state index in [2.05, 4.69) is 22.9 Å². The van der Waals surface area contributed by atoms with Gasteiger partial charge >= 0.3 is 0 Å². The fourth-order valence-corrected chi connectivity index (χ4v) is 2.14. The Bertz CT molecular complexity index is 270. The SMILES string of the molecule is CCCCCCCC(O)c1ccoc1Br. The van der Waals surface area contributed by atoms with E-state index in [1.165, 1.54) is 25.7 Å². The van der Waals surface area contributed by atoms with Gasteiger partial charge in [-0.25, -0.2) is 0 Å². The van der Waals surface area contributed by atoms with Gasteiger partial charge in [-0.15, -0.1) is 0 Å². The molecule has 1 aromatic heterocycles. The lowest BCUT2D eigenvalue weighted by atomic mass is 10.0. The normalized spacial score (nSPS) is 13.0. The maximum atomic E-state index is 9.86. The van der Waals surface area contributed by atoms with E-state index in [1.807, 2.05) is 6.07 Å². The number of halogens is 1. The average Bonchev–Trinajstić information content (AvgIpc) is 2.64. The molecule has 86 valence electrons. The third-order valence-electron chi connectivity index (χ3n) is 2.59. The van der Waals surface area contributed by atoms with Gasteiger partial charge in [0, 0.05) is 5.56 Å². The van der Waals surface area contributed by atoms with Crippen molar-refractivity contribution in [3.8, 4) is 0 Å². The molecule has 0 aliphatic rings. The lowest BCUT2D eigenvalue weighted by molar-refractivity contribution is 0.161. The predicted octanol–water partition coefficient (Wildman–Crippen LogP) is 4.44. The van der Waals surface area contributed by atoms with Gasteiger partial charge in [-0.3, -0.25) is 0 Å². The summed E-state index contributed by atoms with van der Waals surface area (Å²) in [5.74, 6) is 0. The molecule has 0 aromatic carbocycles. The molecule has 0 amide bonds. The van der Waals surface area contributed by atoms with Gasteiger partial charge in [-0.05, 0) is 28.4 Å². The van der Waals surface area contributed by atoms with Crippen LogP contribution in [0.25, 0.3) is 0 Å². The maximum absolute atomic E-state index is 9.86. The molecule has 1 aromatic rings. The molecule has 1 unspecified atom stereocenters. The summed E-state index contributed by atoms with van der Waals surface area (Å²) in [6.07, 6.45) is 8.15. The molecule has 1 atom stereocenters. The third kappa shape index (κ3) is 4.39. The molecule has 0 spiro atoms. The quantitative estimate of drug-likeness (QED) is 0.746. The number of hydrogen-bond donors (Lipinski definition) is 1. The highest BCUT2D eigenvalue weighted by molar-refractivity contribution is 9.10. The van der Waals surface area contributed by atoms with E-state index in [9.17, 15) is 5.11 Å². The first-order chi connectivity index (χ1) is 7.25. The van der Waals surface area contributed by atoms with Crippen molar-refractivity contribution in [3.05, 3.63) is 22.6 Å². The first-order valence-corrected chi connectivity index (χ1v) is 6.46. The fraction of sp³-hybridized carbons (Fsp3) is 0.667. The Hall–Kier alpha value is -0.280. The molecule has 1 heterocycles. The van der Waals surface area contributed by atoms with Crippen molar-refractivity contribution in [2.75, 3.05) is 0 Å². The number of unbranched alkanes of at least 4 members (excludes halogenated alkanes) is 4. The van der Waals surface area contributed by atoms with Crippen molar-refractivity contribution in [3.63, 3.8) is 0 Å². The molecule has 0 aliphatic heterocycles. The van der Waals surface area contributed by atoms with E-state index in [0.717, 1.165) is 18.4 Å². The van der Waals surface area contributed by atoms with Crippen LogP contribution < -0.4 is 0 Å². The molecule has 1 rings (SSSR count). The van der Waals surface area contributed by atoms with Gasteiger partial charge in [-0.2, -0.15) is 0 Å². The summed E-state index contributed by atoms with van der Waals surface area (Å²) >= 11 is 3.27. The minimum Gasteiger partial charge on any atom is -0.457 e. The fourth-order valence-electron chi connectivity index (χ4n) is 1.64. The van der Waals surface area contributed by atoms with Crippen molar-refractivity contribution in [1.82, 2.24) is 0 Å². The lowest BCUT2D eigenvalue weighted by Gasteiger charge is -2.08. The van der Waals surface area contributed by atoms with Crippen LogP contribution in [0.15, 0.2) is 21.4 Å². The highest BCUT2D eigenvalue weighted by Gasteiger charge is 2.12. The topological polar surface area (TPSA) is 33.4 Å². The van der Waals surface area contributed by atoms with Crippen molar-refractivity contribution in [2.24, 2.45) is 0 Å². The Labute approximate surface area is 99.8 Å². The van der Waals surface area contributed by atoms with Crippen molar-refractivity contribution in [2.45, 2.75) is 51.6 Å². The summed E-state index contributed by atoms with van der Waals surface area (Å²) in [7, 11) is 0. The average molecular weight is 275 g/mol. The molecular weight excluding hydrogens is 256 g/mol. The van der Waals surface area contributed by atoms with Gasteiger partial charge in [0.15, 0.2) is 4.67 Å². The summed E-state index contributed by atoms with van der Waals surface area (Å²) in [5, 5.41) is 9.86. The summed E-state index contributed by atoms with van der Waals surface area (Å²) in [5.41, 5.74) is 0.866. The third-order valence-corrected chi connectivity index (χ3v) is 3.23. The second-order valence-electron chi connectivity index (χ2n) is 3.87. The highest BCUT2D eigenvalue weighted by atomic mass is 79.9.